The van der Waals surface area contributed by atoms with E-state index in [-0.39, 0.29) is 0 Å². The first-order valence-electron chi connectivity index (χ1n) is 11.1. The number of benzene rings is 2. The van der Waals surface area contributed by atoms with Gasteiger partial charge in [0.2, 0.25) is 0 Å². The standard InChI is InChI=1S/C29H22N4/c1-20-7-2-3-10-28(20)33(23-8-6-14-30-19-23)22-12-11-21-17-26-24(27-9-4-5-15-31-27)13-16-32-29(26)25(21)18-22/h2-16,18-19H,17H2,1H3. The summed E-state index contributed by atoms with van der Waals surface area (Å²) >= 11 is 0. The molecule has 0 bridgehead atoms. The number of nitrogens with zero attached hydrogens (tertiary/aromatic N) is 4. The molecule has 0 fully saturated rings. The molecule has 1 aliphatic rings. The maximum absolute atomic E-state index is 4.79. The third-order valence-corrected chi connectivity index (χ3v) is 6.23. The average Bonchev–Trinajstić information content (AvgIpc) is 3.25. The highest BCUT2D eigenvalue weighted by molar-refractivity contribution is 5.86. The molecule has 33 heavy (non-hydrogen) atoms. The molecule has 0 amide bonds. The maximum atomic E-state index is 4.79. The molecule has 2 aromatic carbocycles. The largest absolute Gasteiger partial charge is 0.309 e. The highest BCUT2D eigenvalue weighted by Crippen LogP contribution is 2.44. The predicted octanol–water partition coefficient (Wildman–Crippen LogP) is 6.89. The van der Waals surface area contributed by atoms with Crippen LogP contribution in [0.4, 0.5) is 17.1 Å². The first kappa shape index (κ1) is 19.4. The lowest BCUT2D eigenvalue weighted by Gasteiger charge is -2.27. The fraction of sp³-hybridized carbons (Fsp3) is 0.0690. The zero-order valence-corrected chi connectivity index (χ0v) is 18.3. The van der Waals surface area contributed by atoms with Crippen molar-refractivity contribution in [2.75, 3.05) is 4.90 Å². The highest BCUT2D eigenvalue weighted by Gasteiger charge is 2.25. The van der Waals surface area contributed by atoms with E-state index in [0.29, 0.717) is 0 Å². The first-order chi connectivity index (χ1) is 16.3. The normalized spacial score (nSPS) is 11.7. The van der Waals surface area contributed by atoms with Gasteiger partial charge in [-0.25, -0.2) is 0 Å². The summed E-state index contributed by atoms with van der Waals surface area (Å²) in [5.74, 6) is 0. The molecule has 4 nitrogen and oxygen atoms in total. The Labute approximate surface area is 193 Å². The molecule has 0 unspecified atom stereocenters. The molecule has 0 radical (unpaired) electrons. The molecule has 0 N–H and O–H groups in total. The van der Waals surface area contributed by atoms with Crippen molar-refractivity contribution in [3.05, 3.63) is 120 Å². The van der Waals surface area contributed by atoms with Gasteiger partial charge in [-0.2, -0.15) is 0 Å². The minimum absolute atomic E-state index is 0.863. The van der Waals surface area contributed by atoms with E-state index >= 15 is 0 Å². The van der Waals surface area contributed by atoms with Crippen LogP contribution in [0.3, 0.4) is 0 Å². The Bertz CT molecular complexity index is 1450. The summed E-state index contributed by atoms with van der Waals surface area (Å²) in [5, 5.41) is 0. The minimum Gasteiger partial charge on any atom is -0.309 e. The van der Waals surface area contributed by atoms with Crippen molar-refractivity contribution in [2.45, 2.75) is 13.3 Å². The number of anilines is 3. The van der Waals surface area contributed by atoms with Crippen molar-refractivity contribution >= 4 is 17.1 Å². The molecular weight excluding hydrogens is 404 g/mol. The van der Waals surface area contributed by atoms with Gasteiger partial charge in [0.15, 0.2) is 0 Å². The van der Waals surface area contributed by atoms with Crippen LogP contribution in [0, 0.1) is 6.92 Å². The number of aryl methyl sites for hydroxylation is 1. The van der Waals surface area contributed by atoms with E-state index in [0.717, 1.165) is 40.4 Å². The fourth-order valence-corrected chi connectivity index (χ4v) is 4.66. The summed E-state index contributed by atoms with van der Waals surface area (Å²) in [6.07, 6.45) is 8.32. The molecular formula is C29H22N4. The topological polar surface area (TPSA) is 41.9 Å². The molecule has 0 atom stereocenters. The van der Waals surface area contributed by atoms with Crippen LogP contribution in [0.5, 0.6) is 0 Å². The highest BCUT2D eigenvalue weighted by atomic mass is 15.1. The lowest BCUT2D eigenvalue weighted by molar-refractivity contribution is 1.20. The molecule has 4 heteroatoms. The molecule has 0 saturated heterocycles. The average molecular weight is 427 g/mol. The zero-order chi connectivity index (χ0) is 22.2. The number of fused-ring (bicyclic) bond motifs is 3. The van der Waals surface area contributed by atoms with Gasteiger partial charge in [0.1, 0.15) is 0 Å². The van der Waals surface area contributed by atoms with Crippen LogP contribution in [0.2, 0.25) is 0 Å². The summed E-state index contributed by atoms with van der Waals surface area (Å²) in [5.41, 5.74) is 11.4. The molecule has 6 rings (SSSR count). The Kier molecular flexibility index (Phi) is 4.69. The third-order valence-electron chi connectivity index (χ3n) is 6.23. The molecule has 3 heterocycles. The SMILES string of the molecule is Cc1ccccc1N(c1cccnc1)c1ccc2c(c1)-c1nccc(-c3ccccn3)c1C2. The van der Waals surface area contributed by atoms with Gasteiger partial charge in [-0.05, 0) is 72.1 Å². The smallest absolute Gasteiger partial charge is 0.0747 e. The molecule has 5 aromatic rings. The second kappa shape index (κ2) is 7.99. The quantitative estimate of drug-likeness (QED) is 0.308. The fourth-order valence-electron chi connectivity index (χ4n) is 4.66. The lowest BCUT2D eigenvalue weighted by Crippen LogP contribution is -2.11. The maximum Gasteiger partial charge on any atom is 0.0747 e. The van der Waals surface area contributed by atoms with Crippen LogP contribution in [0.15, 0.2) is 104 Å². The van der Waals surface area contributed by atoms with E-state index in [4.69, 9.17) is 4.98 Å². The van der Waals surface area contributed by atoms with Gasteiger partial charge in [0.05, 0.1) is 23.3 Å². The van der Waals surface area contributed by atoms with Crippen molar-refractivity contribution in [2.24, 2.45) is 0 Å². The summed E-state index contributed by atoms with van der Waals surface area (Å²) in [4.78, 5) is 16.0. The molecule has 0 saturated carbocycles. The van der Waals surface area contributed by atoms with Crippen LogP contribution in [0.1, 0.15) is 16.7 Å². The van der Waals surface area contributed by atoms with Gasteiger partial charge < -0.3 is 4.90 Å². The lowest BCUT2D eigenvalue weighted by atomic mass is 10.0. The van der Waals surface area contributed by atoms with Crippen LogP contribution >= 0.6 is 0 Å². The van der Waals surface area contributed by atoms with E-state index in [1.54, 1.807) is 0 Å². The Hall–Kier alpha value is -4.31. The Morgan fingerprint density at radius 3 is 2.45 bits per heavy atom. The van der Waals surface area contributed by atoms with Crippen LogP contribution in [-0.4, -0.2) is 15.0 Å². The van der Waals surface area contributed by atoms with E-state index in [2.05, 4.69) is 82.5 Å². The third kappa shape index (κ3) is 3.37. The minimum atomic E-state index is 0.863. The van der Waals surface area contributed by atoms with E-state index in [9.17, 15) is 0 Å². The van der Waals surface area contributed by atoms with E-state index < -0.39 is 0 Å². The number of aromatic nitrogens is 3. The molecule has 0 aliphatic heterocycles. The zero-order valence-electron chi connectivity index (χ0n) is 18.3. The first-order valence-corrected chi connectivity index (χ1v) is 11.1. The Morgan fingerprint density at radius 2 is 1.64 bits per heavy atom. The Balaban J connectivity index is 1.51. The molecule has 1 aliphatic carbocycles. The summed E-state index contributed by atoms with van der Waals surface area (Å²) in [7, 11) is 0. The van der Waals surface area contributed by atoms with Gasteiger partial charge in [-0.1, -0.05) is 30.3 Å². The second-order valence-electron chi connectivity index (χ2n) is 8.25. The van der Waals surface area contributed by atoms with Crippen LogP contribution < -0.4 is 4.90 Å². The number of rotatable bonds is 4. The van der Waals surface area contributed by atoms with Crippen molar-refractivity contribution in [3.63, 3.8) is 0 Å². The van der Waals surface area contributed by atoms with Gasteiger partial charge in [0.25, 0.3) is 0 Å². The number of hydrogen-bond acceptors (Lipinski definition) is 4. The van der Waals surface area contributed by atoms with Crippen LogP contribution in [0.25, 0.3) is 22.5 Å². The second-order valence-corrected chi connectivity index (χ2v) is 8.25. The van der Waals surface area contributed by atoms with Crippen molar-refractivity contribution in [3.8, 4) is 22.5 Å². The van der Waals surface area contributed by atoms with E-state index in [1.165, 1.54) is 22.3 Å². The number of hydrogen-bond donors (Lipinski definition) is 0. The molecule has 0 spiro atoms. The van der Waals surface area contributed by atoms with Gasteiger partial charge in [-0.15, -0.1) is 0 Å². The van der Waals surface area contributed by atoms with Gasteiger partial charge in [-0.3, -0.25) is 15.0 Å². The van der Waals surface area contributed by atoms with Gasteiger partial charge >= 0.3 is 0 Å². The molecule has 158 valence electrons. The van der Waals surface area contributed by atoms with Crippen molar-refractivity contribution < 1.29 is 0 Å². The Morgan fingerprint density at radius 1 is 0.727 bits per heavy atom. The number of pyridine rings is 3. The summed E-state index contributed by atoms with van der Waals surface area (Å²) in [6.45, 7) is 2.14. The molecule has 3 aromatic heterocycles. The summed E-state index contributed by atoms with van der Waals surface area (Å²) in [6, 6.07) is 27.3. The van der Waals surface area contributed by atoms with E-state index in [1.807, 2.05) is 43.0 Å². The summed E-state index contributed by atoms with van der Waals surface area (Å²) < 4.78 is 0. The van der Waals surface area contributed by atoms with Crippen LogP contribution in [-0.2, 0) is 6.42 Å². The van der Waals surface area contributed by atoms with Crippen molar-refractivity contribution in [1.82, 2.24) is 15.0 Å². The van der Waals surface area contributed by atoms with Crippen molar-refractivity contribution in [1.29, 1.82) is 0 Å². The predicted molar refractivity (Wildman–Crippen MR) is 133 cm³/mol. The number of para-hydroxylation sites is 1. The van der Waals surface area contributed by atoms with Gasteiger partial charge in [0, 0.05) is 47.5 Å². The monoisotopic (exact) mass is 426 g/mol.